The summed E-state index contributed by atoms with van der Waals surface area (Å²) in [7, 11) is 0. The van der Waals surface area contributed by atoms with Gasteiger partial charge in [-0.3, -0.25) is 0 Å². The molecule has 2 rings (SSSR count). The average Bonchev–Trinajstić information content (AvgIpc) is 2.47. The fourth-order valence-electron chi connectivity index (χ4n) is 1.98. The molecule has 0 aliphatic heterocycles. The molecule has 2 N–H and O–H groups in total. The normalized spacial score (nSPS) is 13.8. The van der Waals surface area contributed by atoms with Crippen LogP contribution in [0.3, 0.4) is 0 Å². The minimum absolute atomic E-state index is 0.127. The number of halogens is 3. The molecule has 21 heavy (non-hydrogen) atoms. The lowest BCUT2D eigenvalue weighted by Gasteiger charge is -2.25. The number of rotatable bonds is 5. The van der Waals surface area contributed by atoms with E-state index >= 15 is 0 Å². The Bertz CT molecular complexity index is 604. The first-order valence-electron chi connectivity index (χ1n) is 6.64. The van der Waals surface area contributed by atoms with Crippen molar-refractivity contribution < 1.29 is 4.74 Å². The highest BCUT2D eigenvalue weighted by Gasteiger charge is 2.21. The lowest BCUT2D eigenvalue weighted by Crippen LogP contribution is -2.31. The van der Waals surface area contributed by atoms with E-state index in [1.54, 1.807) is 18.2 Å². The third-order valence-electron chi connectivity index (χ3n) is 3.21. The lowest BCUT2D eigenvalue weighted by molar-refractivity contribution is 0.171. The largest absolute Gasteiger partial charge is 0.483 e. The van der Waals surface area contributed by atoms with Crippen molar-refractivity contribution in [2.75, 3.05) is 0 Å². The predicted octanol–water partition coefficient (Wildman–Crippen LogP) is 5.61. The topological polar surface area (TPSA) is 35.2 Å². The van der Waals surface area contributed by atoms with Crippen molar-refractivity contribution in [3.8, 4) is 5.75 Å². The number of hydrogen-bond donors (Lipinski definition) is 1. The van der Waals surface area contributed by atoms with Crippen LogP contribution in [-0.4, -0.2) is 6.04 Å². The Morgan fingerprint density at radius 3 is 2.38 bits per heavy atom. The molecule has 2 unspecified atom stereocenters. The van der Waals surface area contributed by atoms with Crippen LogP contribution in [0.1, 0.15) is 25.0 Å². The zero-order valence-electron chi connectivity index (χ0n) is 11.5. The predicted molar refractivity (Wildman–Crippen MR) is 92.2 cm³/mol. The SMILES string of the molecule is CCC(N)C(Oc1ccc(Cl)cc1Cl)c1ccc(Br)cc1. The molecule has 0 aliphatic rings. The van der Waals surface area contributed by atoms with Gasteiger partial charge >= 0.3 is 0 Å². The van der Waals surface area contributed by atoms with Crippen molar-refractivity contribution in [1.82, 2.24) is 0 Å². The van der Waals surface area contributed by atoms with Crippen molar-refractivity contribution in [1.29, 1.82) is 0 Å². The summed E-state index contributed by atoms with van der Waals surface area (Å²) in [6.45, 7) is 2.03. The van der Waals surface area contributed by atoms with Gasteiger partial charge in [-0.15, -0.1) is 0 Å². The molecule has 0 fully saturated rings. The van der Waals surface area contributed by atoms with E-state index in [4.69, 9.17) is 33.7 Å². The fraction of sp³-hybridized carbons (Fsp3) is 0.250. The number of nitrogens with two attached hydrogens (primary N) is 1. The number of hydrogen-bond acceptors (Lipinski definition) is 2. The Morgan fingerprint density at radius 2 is 1.81 bits per heavy atom. The second-order valence-corrected chi connectivity index (χ2v) is 6.50. The van der Waals surface area contributed by atoms with Gasteiger partial charge in [-0.1, -0.05) is 58.2 Å². The molecule has 2 nitrogen and oxygen atoms in total. The first-order valence-corrected chi connectivity index (χ1v) is 8.19. The van der Waals surface area contributed by atoms with Crippen LogP contribution in [-0.2, 0) is 0 Å². The molecule has 0 spiro atoms. The van der Waals surface area contributed by atoms with Crippen LogP contribution < -0.4 is 10.5 Å². The van der Waals surface area contributed by atoms with E-state index in [2.05, 4.69) is 15.9 Å². The van der Waals surface area contributed by atoms with Gasteiger partial charge in [0.2, 0.25) is 0 Å². The standard InChI is InChI=1S/C16H16BrCl2NO/c1-2-14(20)16(10-3-5-11(17)6-4-10)21-15-8-7-12(18)9-13(15)19/h3-9,14,16H,2,20H2,1H3. The number of benzene rings is 2. The molecule has 0 saturated carbocycles. The van der Waals surface area contributed by atoms with Gasteiger partial charge in [-0.25, -0.2) is 0 Å². The monoisotopic (exact) mass is 387 g/mol. The molecule has 0 saturated heterocycles. The van der Waals surface area contributed by atoms with Crippen LogP contribution in [0.15, 0.2) is 46.9 Å². The Morgan fingerprint density at radius 1 is 1.14 bits per heavy atom. The Balaban J connectivity index is 2.30. The summed E-state index contributed by atoms with van der Waals surface area (Å²) in [5, 5.41) is 1.06. The molecular formula is C16H16BrCl2NO. The van der Waals surface area contributed by atoms with E-state index in [1.165, 1.54) is 0 Å². The Hall–Kier alpha value is -0.740. The first-order chi connectivity index (χ1) is 10.0. The zero-order valence-corrected chi connectivity index (χ0v) is 14.6. The smallest absolute Gasteiger partial charge is 0.139 e. The van der Waals surface area contributed by atoms with Crippen molar-refractivity contribution in [2.45, 2.75) is 25.5 Å². The molecule has 0 heterocycles. The maximum absolute atomic E-state index is 6.21. The molecule has 5 heteroatoms. The molecule has 2 atom stereocenters. The molecule has 0 bridgehead atoms. The summed E-state index contributed by atoms with van der Waals surface area (Å²) in [5.74, 6) is 0.581. The molecule has 0 aliphatic carbocycles. The summed E-state index contributed by atoms with van der Waals surface area (Å²) in [6.07, 6.45) is 0.535. The van der Waals surface area contributed by atoms with Crippen molar-refractivity contribution in [3.63, 3.8) is 0 Å². The van der Waals surface area contributed by atoms with Crippen LogP contribution in [0.25, 0.3) is 0 Å². The van der Waals surface area contributed by atoms with Crippen molar-refractivity contribution in [2.24, 2.45) is 5.73 Å². The van der Waals surface area contributed by atoms with Crippen LogP contribution >= 0.6 is 39.1 Å². The number of ether oxygens (including phenoxy) is 1. The summed E-state index contributed by atoms with van der Waals surface area (Å²) in [6, 6.07) is 13.0. The van der Waals surface area contributed by atoms with E-state index in [9.17, 15) is 0 Å². The lowest BCUT2D eigenvalue weighted by atomic mass is 10.0. The van der Waals surface area contributed by atoms with Gasteiger partial charge in [0.05, 0.1) is 5.02 Å². The van der Waals surface area contributed by atoms with Crippen LogP contribution in [0.2, 0.25) is 10.0 Å². The highest BCUT2D eigenvalue weighted by atomic mass is 79.9. The second kappa shape index (κ2) is 7.50. The highest BCUT2D eigenvalue weighted by molar-refractivity contribution is 9.10. The third-order valence-corrected chi connectivity index (χ3v) is 4.27. The molecule has 112 valence electrons. The van der Waals surface area contributed by atoms with Gasteiger partial charge in [0, 0.05) is 15.5 Å². The van der Waals surface area contributed by atoms with E-state index in [0.717, 1.165) is 16.5 Å². The maximum Gasteiger partial charge on any atom is 0.139 e. The zero-order chi connectivity index (χ0) is 15.4. The Kier molecular flexibility index (Phi) is 5.94. The molecule has 2 aromatic carbocycles. The minimum Gasteiger partial charge on any atom is -0.483 e. The average molecular weight is 389 g/mol. The van der Waals surface area contributed by atoms with Crippen molar-refractivity contribution in [3.05, 3.63) is 62.5 Å². The van der Waals surface area contributed by atoms with Crippen LogP contribution in [0, 0.1) is 0 Å². The van der Waals surface area contributed by atoms with Gasteiger partial charge in [-0.05, 0) is 42.3 Å². The summed E-state index contributed by atoms with van der Waals surface area (Å²) < 4.78 is 7.06. The van der Waals surface area contributed by atoms with Gasteiger partial charge in [-0.2, -0.15) is 0 Å². The fourth-order valence-corrected chi connectivity index (χ4v) is 2.69. The second-order valence-electron chi connectivity index (χ2n) is 4.74. The first kappa shape index (κ1) is 16.6. The Labute approximate surface area is 143 Å². The third kappa shape index (κ3) is 4.36. The van der Waals surface area contributed by atoms with Gasteiger partial charge in [0.1, 0.15) is 11.9 Å². The summed E-state index contributed by atoms with van der Waals surface area (Å²) in [4.78, 5) is 0. The van der Waals surface area contributed by atoms with E-state index in [1.807, 2.05) is 31.2 Å². The van der Waals surface area contributed by atoms with E-state index in [-0.39, 0.29) is 12.1 Å². The maximum atomic E-state index is 6.21. The van der Waals surface area contributed by atoms with E-state index in [0.29, 0.717) is 15.8 Å². The van der Waals surface area contributed by atoms with Gasteiger partial charge in [0.25, 0.3) is 0 Å². The van der Waals surface area contributed by atoms with Gasteiger partial charge in [0.15, 0.2) is 0 Å². The quantitative estimate of drug-likeness (QED) is 0.721. The van der Waals surface area contributed by atoms with Gasteiger partial charge < -0.3 is 10.5 Å². The summed E-state index contributed by atoms with van der Waals surface area (Å²) in [5.41, 5.74) is 7.22. The highest BCUT2D eigenvalue weighted by Crippen LogP contribution is 2.33. The van der Waals surface area contributed by atoms with Crippen molar-refractivity contribution >= 4 is 39.1 Å². The molecule has 0 radical (unpaired) electrons. The minimum atomic E-state index is -0.262. The molecule has 0 amide bonds. The molecular weight excluding hydrogens is 373 g/mol. The molecule has 2 aromatic rings. The summed E-state index contributed by atoms with van der Waals surface area (Å²) >= 11 is 15.5. The van der Waals surface area contributed by atoms with E-state index < -0.39 is 0 Å². The van der Waals surface area contributed by atoms with Crippen LogP contribution in [0.4, 0.5) is 0 Å². The molecule has 0 aromatic heterocycles. The van der Waals surface area contributed by atoms with Crippen LogP contribution in [0.5, 0.6) is 5.75 Å².